The van der Waals surface area contributed by atoms with Gasteiger partial charge in [0.15, 0.2) is 5.78 Å². The SMILES string of the molecule is C[C@H](N)C(=O)C1(C(=O)O)CC(O)C2[C@@H](C(=O)O)C21N. The fourth-order valence-corrected chi connectivity index (χ4v) is 3.58. The van der Waals surface area contributed by atoms with E-state index in [-0.39, 0.29) is 0 Å². The average Bonchev–Trinajstić information content (AvgIpc) is 2.85. The number of fused-ring (bicyclic) bond motifs is 1. The molecule has 8 heteroatoms. The molecule has 2 aliphatic rings. The van der Waals surface area contributed by atoms with Gasteiger partial charge in [-0.3, -0.25) is 14.4 Å². The number of hydrogen-bond donors (Lipinski definition) is 5. The predicted octanol–water partition coefficient (Wildman–Crippen LogP) is -2.23. The van der Waals surface area contributed by atoms with Crippen molar-refractivity contribution in [2.45, 2.75) is 31.0 Å². The number of carbonyl (C=O) groups is 3. The second kappa shape index (κ2) is 3.75. The Balaban J connectivity index is 2.55. The highest BCUT2D eigenvalue weighted by Gasteiger charge is 2.86. The van der Waals surface area contributed by atoms with Crippen molar-refractivity contribution in [3.05, 3.63) is 0 Å². The van der Waals surface area contributed by atoms with Crippen LogP contribution in [-0.2, 0) is 14.4 Å². The van der Waals surface area contributed by atoms with E-state index in [1.54, 1.807) is 0 Å². The highest BCUT2D eigenvalue weighted by Crippen LogP contribution is 2.68. The van der Waals surface area contributed by atoms with E-state index in [0.29, 0.717) is 0 Å². The van der Waals surface area contributed by atoms with Gasteiger partial charge in [-0.15, -0.1) is 0 Å². The van der Waals surface area contributed by atoms with E-state index in [0.717, 1.165) is 0 Å². The van der Waals surface area contributed by atoms with Gasteiger partial charge in [0.2, 0.25) is 0 Å². The first-order chi connectivity index (χ1) is 8.62. The van der Waals surface area contributed by atoms with Gasteiger partial charge in [0.25, 0.3) is 0 Å². The lowest BCUT2D eigenvalue weighted by Crippen LogP contribution is -2.59. The number of Topliss-reactive ketones (excluding diaryl/α,β-unsaturated/α-hetero) is 1. The first-order valence-electron chi connectivity index (χ1n) is 5.85. The van der Waals surface area contributed by atoms with Crippen molar-refractivity contribution < 1.29 is 29.7 Å². The number of carboxylic acid groups (broad SMARTS) is 2. The summed E-state index contributed by atoms with van der Waals surface area (Å²) >= 11 is 0. The van der Waals surface area contributed by atoms with Crippen LogP contribution in [0.5, 0.6) is 0 Å². The first-order valence-corrected chi connectivity index (χ1v) is 5.85. The molecule has 19 heavy (non-hydrogen) atoms. The summed E-state index contributed by atoms with van der Waals surface area (Å²) in [5, 5.41) is 28.3. The predicted molar refractivity (Wildman–Crippen MR) is 60.9 cm³/mol. The maximum atomic E-state index is 12.2. The molecule has 0 spiro atoms. The van der Waals surface area contributed by atoms with Crippen LogP contribution in [0, 0.1) is 17.3 Å². The van der Waals surface area contributed by atoms with E-state index < -0.39 is 59.1 Å². The van der Waals surface area contributed by atoms with Crippen LogP contribution >= 0.6 is 0 Å². The van der Waals surface area contributed by atoms with Crippen molar-refractivity contribution in [2.24, 2.45) is 28.7 Å². The van der Waals surface area contributed by atoms with Crippen molar-refractivity contribution in [3.8, 4) is 0 Å². The van der Waals surface area contributed by atoms with Crippen LogP contribution in [-0.4, -0.2) is 50.7 Å². The fourth-order valence-electron chi connectivity index (χ4n) is 3.58. The van der Waals surface area contributed by atoms with Crippen LogP contribution in [0.4, 0.5) is 0 Å². The highest BCUT2D eigenvalue weighted by atomic mass is 16.4. The normalized spacial score (nSPS) is 45.4. The van der Waals surface area contributed by atoms with E-state index in [4.69, 9.17) is 16.6 Å². The summed E-state index contributed by atoms with van der Waals surface area (Å²) in [5.74, 6) is -5.84. The molecule has 0 amide bonds. The summed E-state index contributed by atoms with van der Waals surface area (Å²) in [6.07, 6.45) is -1.63. The van der Waals surface area contributed by atoms with E-state index in [2.05, 4.69) is 0 Å². The molecule has 2 fully saturated rings. The molecule has 2 saturated carbocycles. The van der Waals surface area contributed by atoms with Crippen molar-refractivity contribution in [1.29, 1.82) is 0 Å². The molecule has 2 aliphatic carbocycles. The lowest BCUT2D eigenvalue weighted by Gasteiger charge is -2.33. The van der Waals surface area contributed by atoms with Gasteiger partial charge in [-0.05, 0) is 13.3 Å². The molecule has 106 valence electrons. The third kappa shape index (κ3) is 1.36. The summed E-state index contributed by atoms with van der Waals surface area (Å²) in [7, 11) is 0. The van der Waals surface area contributed by atoms with Crippen LogP contribution < -0.4 is 11.5 Å². The molecule has 0 aromatic carbocycles. The molecule has 7 N–H and O–H groups in total. The summed E-state index contributed by atoms with van der Waals surface area (Å²) in [6, 6.07) is -1.10. The smallest absolute Gasteiger partial charge is 0.319 e. The number of carbonyl (C=O) groups excluding carboxylic acids is 1. The summed E-state index contributed by atoms with van der Waals surface area (Å²) < 4.78 is 0. The highest BCUT2D eigenvalue weighted by molar-refractivity contribution is 6.09. The quantitative estimate of drug-likeness (QED) is 0.359. The van der Waals surface area contributed by atoms with Gasteiger partial charge in [0, 0.05) is 5.92 Å². The minimum atomic E-state index is -2.13. The molecular formula is C11H16N2O6. The van der Waals surface area contributed by atoms with E-state index in [1.165, 1.54) is 6.92 Å². The Morgan fingerprint density at radius 2 is 1.84 bits per heavy atom. The molecule has 0 aromatic rings. The largest absolute Gasteiger partial charge is 0.481 e. The van der Waals surface area contributed by atoms with Crippen LogP contribution in [0.1, 0.15) is 13.3 Å². The molecule has 0 bridgehead atoms. The monoisotopic (exact) mass is 272 g/mol. The number of aliphatic hydroxyl groups excluding tert-OH is 1. The molecule has 0 saturated heterocycles. The standard InChI is InChI=1S/C11H16N2O6/c1-3(12)7(15)10(9(18)19)2-4(14)5-6(8(16)17)11(5,10)13/h3-6,14H,2,12-13H2,1H3,(H,16,17)(H,18,19)/t3-,4?,5?,6-,10?,11?/m0/s1. The van der Waals surface area contributed by atoms with E-state index in [9.17, 15) is 24.6 Å². The molecule has 6 atom stereocenters. The van der Waals surface area contributed by atoms with E-state index in [1.807, 2.05) is 0 Å². The van der Waals surface area contributed by atoms with Gasteiger partial charge in [-0.2, -0.15) is 0 Å². The summed E-state index contributed by atoms with van der Waals surface area (Å²) in [4.78, 5) is 34.8. The van der Waals surface area contributed by atoms with Crippen molar-refractivity contribution in [1.82, 2.24) is 0 Å². The minimum Gasteiger partial charge on any atom is -0.481 e. The Kier molecular flexibility index (Phi) is 2.74. The van der Waals surface area contributed by atoms with Crippen LogP contribution in [0.15, 0.2) is 0 Å². The van der Waals surface area contributed by atoms with Crippen LogP contribution in [0.25, 0.3) is 0 Å². The number of carboxylic acids is 2. The van der Waals surface area contributed by atoms with Crippen molar-refractivity contribution in [2.75, 3.05) is 0 Å². The Morgan fingerprint density at radius 3 is 2.16 bits per heavy atom. The zero-order valence-corrected chi connectivity index (χ0v) is 10.2. The van der Waals surface area contributed by atoms with Crippen molar-refractivity contribution >= 4 is 17.7 Å². The maximum absolute atomic E-state index is 12.2. The lowest BCUT2D eigenvalue weighted by molar-refractivity contribution is -0.159. The Hall–Kier alpha value is -1.51. The number of nitrogens with two attached hydrogens (primary N) is 2. The molecule has 2 rings (SSSR count). The van der Waals surface area contributed by atoms with Crippen LogP contribution in [0.3, 0.4) is 0 Å². The Morgan fingerprint density at radius 1 is 1.32 bits per heavy atom. The van der Waals surface area contributed by atoms with E-state index >= 15 is 0 Å². The second-order valence-electron chi connectivity index (χ2n) is 5.41. The molecule has 0 aliphatic heterocycles. The Labute approximate surface area is 108 Å². The van der Waals surface area contributed by atoms with Gasteiger partial charge in [-0.1, -0.05) is 0 Å². The average molecular weight is 272 g/mol. The molecule has 0 heterocycles. The number of rotatable bonds is 4. The number of hydrogen-bond acceptors (Lipinski definition) is 6. The summed E-state index contributed by atoms with van der Waals surface area (Å²) in [5.41, 5.74) is 7.46. The van der Waals surface area contributed by atoms with Gasteiger partial charge in [0.1, 0.15) is 5.41 Å². The van der Waals surface area contributed by atoms with Gasteiger partial charge in [0.05, 0.1) is 23.6 Å². The van der Waals surface area contributed by atoms with Crippen molar-refractivity contribution in [3.63, 3.8) is 0 Å². The lowest BCUT2D eigenvalue weighted by atomic mass is 9.71. The summed E-state index contributed by atoms with van der Waals surface area (Å²) in [6.45, 7) is 1.31. The molecule has 0 aromatic heterocycles. The zero-order chi connectivity index (χ0) is 14.7. The molecule has 0 radical (unpaired) electrons. The second-order valence-corrected chi connectivity index (χ2v) is 5.41. The molecule has 8 nitrogen and oxygen atoms in total. The number of aliphatic carboxylic acids is 2. The van der Waals surface area contributed by atoms with Gasteiger partial charge < -0.3 is 26.8 Å². The maximum Gasteiger partial charge on any atom is 0.319 e. The zero-order valence-electron chi connectivity index (χ0n) is 10.2. The molecule has 4 unspecified atom stereocenters. The van der Waals surface area contributed by atoms with Gasteiger partial charge >= 0.3 is 11.9 Å². The minimum absolute atomic E-state index is 0.395. The molecular weight excluding hydrogens is 256 g/mol. The number of ketones is 1. The topological polar surface area (TPSA) is 164 Å². The van der Waals surface area contributed by atoms with Crippen LogP contribution in [0.2, 0.25) is 0 Å². The number of aliphatic hydroxyl groups is 1. The third-order valence-electron chi connectivity index (χ3n) is 4.45. The first kappa shape index (κ1) is 13.9. The fraction of sp³-hybridized carbons (Fsp3) is 0.727. The third-order valence-corrected chi connectivity index (χ3v) is 4.45. The van der Waals surface area contributed by atoms with Gasteiger partial charge in [-0.25, -0.2) is 0 Å². The Bertz CT molecular complexity index is 478.